The zero-order chi connectivity index (χ0) is 33.6. The summed E-state index contributed by atoms with van der Waals surface area (Å²) in [6.07, 6.45) is 2.09. The van der Waals surface area contributed by atoms with Crippen LogP contribution in [0.5, 0.6) is 0 Å². The number of carbonyl (C=O) groups is 1. The van der Waals surface area contributed by atoms with Crippen molar-refractivity contribution in [1.82, 2.24) is 10.1 Å². The van der Waals surface area contributed by atoms with Gasteiger partial charge in [0.1, 0.15) is 11.6 Å². The van der Waals surface area contributed by atoms with E-state index in [0.717, 1.165) is 24.0 Å². The highest BCUT2D eigenvalue weighted by Crippen LogP contribution is 2.23. The van der Waals surface area contributed by atoms with Gasteiger partial charge in [-0.1, -0.05) is 62.3 Å². The number of oxime groups is 1. The summed E-state index contributed by atoms with van der Waals surface area (Å²) in [6, 6.07) is 27.0. The van der Waals surface area contributed by atoms with Gasteiger partial charge in [0.2, 0.25) is 5.82 Å². The minimum absolute atomic E-state index is 0.0231. The fourth-order valence-corrected chi connectivity index (χ4v) is 4.36. The van der Waals surface area contributed by atoms with Crippen LogP contribution < -0.4 is 5.73 Å². The van der Waals surface area contributed by atoms with Crippen molar-refractivity contribution in [3.8, 4) is 22.8 Å². The molecule has 0 aliphatic carbocycles. The van der Waals surface area contributed by atoms with Crippen LogP contribution in [0.15, 0.2) is 107 Å². The van der Waals surface area contributed by atoms with Crippen molar-refractivity contribution < 1.29 is 23.3 Å². The van der Waals surface area contributed by atoms with Gasteiger partial charge in [0, 0.05) is 22.3 Å². The van der Waals surface area contributed by atoms with E-state index in [-0.39, 0.29) is 17.5 Å². The molecule has 0 amide bonds. The highest BCUT2D eigenvalue weighted by molar-refractivity contribution is 6.67. The molecular weight excluding hydrogens is 610 g/mol. The summed E-state index contributed by atoms with van der Waals surface area (Å²) in [5.74, 6) is 1.53. The summed E-state index contributed by atoms with van der Waals surface area (Å²) >= 11 is 5.32. The second kappa shape index (κ2) is 17.6. The molecule has 0 bridgehead atoms. The first-order chi connectivity index (χ1) is 21.9. The summed E-state index contributed by atoms with van der Waals surface area (Å²) in [5.41, 5.74) is 10.4. The third kappa shape index (κ3) is 11.6. The Hall–Kier alpha value is -4.89. The van der Waals surface area contributed by atoms with E-state index < -0.39 is 5.24 Å². The van der Waals surface area contributed by atoms with E-state index in [4.69, 9.17) is 27.1 Å². The predicted octanol–water partition coefficient (Wildman–Crippen LogP) is 8.93. The normalized spacial score (nSPS) is 11.0. The van der Waals surface area contributed by atoms with Crippen LogP contribution in [0.3, 0.4) is 0 Å². The summed E-state index contributed by atoms with van der Waals surface area (Å²) in [6.45, 7) is 8.73. The van der Waals surface area contributed by atoms with Gasteiger partial charge in [-0.3, -0.25) is 4.79 Å². The number of halogens is 3. The monoisotopic (exact) mass is 646 g/mol. The molecule has 0 aliphatic heterocycles. The van der Waals surface area contributed by atoms with Gasteiger partial charge < -0.3 is 15.5 Å². The third-order valence-electron chi connectivity index (χ3n) is 6.45. The number of carbonyl (C=O) groups excluding carboxylic acids is 1. The van der Waals surface area contributed by atoms with E-state index >= 15 is 0 Å². The zero-order valence-corrected chi connectivity index (χ0v) is 26.9. The van der Waals surface area contributed by atoms with Gasteiger partial charge in [-0.25, -0.2) is 8.78 Å². The SMILES string of the molecule is CC(C)Cc1ccc(-c2nc(-c3ccc(F)cc3)no2)cc1.CC(C)Cc1ccc(C(=O)Cl)cc1.N/C(=N\O)c1ccc(F)cc1. The van der Waals surface area contributed by atoms with Crippen LogP contribution in [0.4, 0.5) is 8.78 Å². The van der Waals surface area contributed by atoms with E-state index in [1.807, 2.05) is 24.3 Å². The van der Waals surface area contributed by atoms with Gasteiger partial charge in [-0.05, 0) is 120 Å². The number of nitrogens with zero attached hydrogens (tertiary/aromatic N) is 3. The average molecular weight is 647 g/mol. The highest BCUT2D eigenvalue weighted by Gasteiger charge is 2.11. The van der Waals surface area contributed by atoms with Crippen LogP contribution in [0.25, 0.3) is 22.8 Å². The van der Waals surface area contributed by atoms with Crippen molar-refractivity contribution in [2.75, 3.05) is 0 Å². The molecule has 0 fully saturated rings. The molecule has 5 aromatic rings. The molecule has 0 saturated heterocycles. The first-order valence-electron chi connectivity index (χ1n) is 14.7. The highest BCUT2D eigenvalue weighted by atomic mass is 35.5. The molecule has 0 saturated carbocycles. The fourth-order valence-electron chi connectivity index (χ4n) is 4.23. The summed E-state index contributed by atoms with van der Waals surface area (Å²) < 4.78 is 30.5. The lowest BCUT2D eigenvalue weighted by Gasteiger charge is -2.04. The van der Waals surface area contributed by atoms with Crippen LogP contribution in [0.2, 0.25) is 0 Å². The van der Waals surface area contributed by atoms with Gasteiger partial charge >= 0.3 is 0 Å². The standard InChI is InChI=1S/C18H17FN2O.C11H13ClO.C7H7FN2O/c1-12(2)11-13-3-5-15(6-4-13)18-20-17(21-22-18)14-7-9-16(19)10-8-14;1-8(2)7-9-3-5-10(6-4-9)11(12)13;8-6-3-1-5(2-4-6)7(9)10-11/h3-10,12H,11H2,1-2H3;3-6,8H,7H2,1-2H3;1-4,11H,(H2,9,10). The van der Waals surface area contributed by atoms with Crippen molar-refractivity contribution in [1.29, 1.82) is 0 Å². The molecule has 7 nitrogen and oxygen atoms in total. The van der Waals surface area contributed by atoms with Crippen LogP contribution in [-0.2, 0) is 12.8 Å². The molecule has 0 spiro atoms. The maximum atomic E-state index is 12.9. The van der Waals surface area contributed by atoms with Crippen LogP contribution in [-0.4, -0.2) is 26.4 Å². The molecular formula is C36H37ClF2N4O3. The van der Waals surface area contributed by atoms with Crippen LogP contribution in [0.1, 0.15) is 54.7 Å². The van der Waals surface area contributed by atoms with Crippen molar-refractivity contribution in [3.05, 3.63) is 131 Å². The maximum Gasteiger partial charge on any atom is 0.258 e. The Morgan fingerprint density at radius 2 is 1.20 bits per heavy atom. The number of amidine groups is 1. The van der Waals surface area contributed by atoms with Crippen molar-refractivity contribution >= 4 is 22.7 Å². The second-order valence-corrected chi connectivity index (χ2v) is 11.6. The molecule has 240 valence electrons. The number of aromatic nitrogens is 2. The number of hydrogen-bond acceptors (Lipinski definition) is 6. The van der Waals surface area contributed by atoms with E-state index in [0.29, 0.717) is 34.7 Å². The number of nitrogens with two attached hydrogens (primary N) is 1. The molecule has 0 atom stereocenters. The lowest BCUT2D eigenvalue weighted by Crippen LogP contribution is -2.12. The Kier molecular flexibility index (Phi) is 13.6. The zero-order valence-electron chi connectivity index (χ0n) is 26.1. The van der Waals surface area contributed by atoms with Gasteiger partial charge in [0.15, 0.2) is 5.84 Å². The smallest absolute Gasteiger partial charge is 0.258 e. The van der Waals surface area contributed by atoms with Crippen molar-refractivity contribution in [3.63, 3.8) is 0 Å². The number of benzene rings is 4. The Bertz CT molecular complexity index is 1690. The fraction of sp³-hybridized carbons (Fsp3) is 0.222. The minimum Gasteiger partial charge on any atom is -0.409 e. The van der Waals surface area contributed by atoms with Crippen LogP contribution in [0, 0.1) is 23.5 Å². The lowest BCUT2D eigenvalue weighted by atomic mass is 10.0. The van der Waals surface area contributed by atoms with Crippen LogP contribution >= 0.6 is 11.6 Å². The lowest BCUT2D eigenvalue weighted by molar-refractivity contribution is 0.108. The molecule has 10 heteroatoms. The molecule has 5 rings (SSSR count). The summed E-state index contributed by atoms with van der Waals surface area (Å²) in [7, 11) is 0. The van der Waals surface area contributed by atoms with Gasteiger partial charge in [-0.15, -0.1) is 0 Å². The molecule has 0 radical (unpaired) electrons. The topological polar surface area (TPSA) is 115 Å². The van der Waals surface area contributed by atoms with E-state index in [1.54, 1.807) is 24.3 Å². The molecule has 4 aromatic carbocycles. The quantitative estimate of drug-likeness (QED) is 0.0572. The second-order valence-electron chi connectivity index (χ2n) is 11.3. The van der Waals surface area contributed by atoms with E-state index in [1.165, 1.54) is 47.5 Å². The molecule has 1 heterocycles. The number of rotatable bonds is 8. The van der Waals surface area contributed by atoms with Crippen molar-refractivity contribution in [2.45, 2.75) is 40.5 Å². The number of hydrogen-bond donors (Lipinski definition) is 2. The van der Waals surface area contributed by atoms with Gasteiger partial charge in [0.05, 0.1) is 0 Å². The molecule has 3 N–H and O–H groups in total. The largest absolute Gasteiger partial charge is 0.409 e. The molecule has 46 heavy (non-hydrogen) atoms. The maximum absolute atomic E-state index is 12.9. The third-order valence-corrected chi connectivity index (χ3v) is 6.66. The Labute approximate surface area is 272 Å². The molecule has 0 unspecified atom stereocenters. The van der Waals surface area contributed by atoms with E-state index in [2.05, 4.69) is 55.1 Å². The predicted molar refractivity (Wildman–Crippen MR) is 178 cm³/mol. The average Bonchev–Trinajstić information content (AvgIpc) is 3.52. The molecule has 0 aliphatic rings. The summed E-state index contributed by atoms with van der Waals surface area (Å²) in [4.78, 5) is 15.1. The Balaban J connectivity index is 0.000000205. The van der Waals surface area contributed by atoms with E-state index in [9.17, 15) is 13.6 Å². The minimum atomic E-state index is -0.393. The first-order valence-corrected chi connectivity index (χ1v) is 15.0. The molecule has 1 aromatic heterocycles. The Morgan fingerprint density at radius 3 is 1.65 bits per heavy atom. The van der Waals surface area contributed by atoms with Gasteiger partial charge in [-0.2, -0.15) is 4.98 Å². The van der Waals surface area contributed by atoms with Crippen molar-refractivity contribution in [2.24, 2.45) is 22.7 Å². The first kappa shape index (κ1) is 35.6. The van der Waals surface area contributed by atoms with Gasteiger partial charge in [0.25, 0.3) is 11.1 Å². The Morgan fingerprint density at radius 1 is 0.761 bits per heavy atom. The summed E-state index contributed by atoms with van der Waals surface area (Å²) in [5, 5.41) is 14.5.